The fraction of sp³-hybridized carbons (Fsp3) is 0.0909. The van der Waals surface area contributed by atoms with Crippen LogP contribution in [0.5, 0.6) is 0 Å². The lowest BCUT2D eigenvalue weighted by molar-refractivity contribution is 0.672. The summed E-state index contributed by atoms with van der Waals surface area (Å²) in [5, 5.41) is 15.5. The monoisotopic (exact) mass is 241 g/mol. The van der Waals surface area contributed by atoms with E-state index in [2.05, 4.69) is 20.6 Å². The molecule has 2 aromatic heterocycles. The van der Waals surface area contributed by atoms with E-state index in [1.54, 1.807) is 22.6 Å². The highest BCUT2D eigenvalue weighted by molar-refractivity contribution is 5.64. The molecule has 18 heavy (non-hydrogen) atoms. The fourth-order valence-electron chi connectivity index (χ4n) is 1.68. The van der Waals surface area contributed by atoms with E-state index >= 15 is 0 Å². The Morgan fingerprint density at radius 1 is 1.11 bits per heavy atom. The van der Waals surface area contributed by atoms with Crippen LogP contribution in [0, 0.1) is 0 Å². The molecule has 2 N–H and O–H groups in total. The van der Waals surface area contributed by atoms with Crippen molar-refractivity contribution in [1.82, 2.24) is 30.0 Å². The molecule has 1 aromatic carbocycles. The number of nitrogens with two attached hydrogens (primary N) is 1. The Labute approximate surface area is 103 Å². The van der Waals surface area contributed by atoms with E-state index in [9.17, 15) is 0 Å². The van der Waals surface area contributed by atoms with Crippen LogP contribution in [0.15, 0.2) is 36.7 Å². The smallest absolute Gasteiger partial charge is 0.270 e. The standard InChI is InChI=1S/C11H11N7/c1-17-11(14-15-16-17)18-7-9(6-13-18)8-2-4-10(12)5-3-8/h2-7H,12H2,1H3. The molecule has 90 valence electrons. The number of hydrogen-bond acceptors (Lipinski definition) is 5. The molecule has 0 fully saturated rings. The zero-order valence-electron chi connectivity index (χ0n) is 9.72. The van der Waals surface area contributed by atoms with Gasteiger partial charge in [-0.1, -0.05) is 17.2 Å². The Kier molecular flexibility index (Phi) is 2.30. The van der Waals surface area contributed by atoms with Gasteiger partial charge in [-0.2, -0.15) is 5.10 Å². The van der Waals surface area contributed by atoms with Crippen LogP contribution >= 0.6 is 0 Å². The van der Waals surface area contributed by atoms with Crippen LogP contribution in [-0.4, -0.2) is 30.0 Å². The SMILES string of the molecule is Cn1nnnc1-n1cc(-c2ccc(N)cc2)cn1. The predicted molar refractivity (Wildman–Crippen MR) is 65.8 cm³/mol. The summed E-state index contributed by atoms with van der Waals surface area (Å²) in [5.41, 5.74) is 8.43. The second kappa shape index (κ2) is 3.95. The number of rotatable bonds is 2. The van der Waals surface area contributed by atoms with Crippen molar-refractivity contribution in [1.29, 1.82) is 0 Å². The average Bonchev–Trinajstić information content (AvgIpc) is 2.98. The Bertz CT molecular complexity index is 665. The summed E-state index contributed by atoms with van der Waals surface area (Å²) < 4.78 is 3.19. The number of hydrogen-bond donors (Lipinski definition) is 1. The zero-order chi connectivity index (χ0) is 12.5. The lowest BCUT2D eigenvalue weighted by atomic mass is 10.1. The number of tetrazole rings is 1. The molecular weight excluding hydrogens is 230 g/mol. The highest BCUT2D eigenvalue weighted by Gasteiger charge is 2.08. The first kappa shape index (κ1) is 10.5. The van der Waals surface area contributed by atoms with Crippen molar-refractivity contribution in [2.75, 3.05) is 5.73 Å². The molecule has 0 atom stereocenters. The molecule has 0 unspecified atom stereocenters. The van der Waals surface area contributed by atoms with Gasteiger partial charge in [-0.05, 0) is 28.1 Å². The molecule has 0 spiro atoms. The van der Waals surface area contributed by atoms with Gasteiger partial charge in [0.1, 0.15) is 0 Å². The summed E-state index contributed by atoms with van der Waals surface area (Å²) in [7, 11) is 1.76. The summed E-state index contributed by atoms with van der Waals surface area (Å²) in [6.07, 6.45) is 3.64. The largest absolute Gasteiger partial charge is 0.399 e. The van der Waals surface area contributed by atoms with Crippen molar-refractivity contribution < 1.29 is 0 Å². The maximum Gasteiger partial charge on any atom is 0.270 e. The van der Waals surface area contributed by atoms with E-state index < -0.39 is 0 Å². The second-order valence-corrected chi connectivity index (χ2v) is 3.90. The van der Waals surface area contributed by atoms with Gasteiger partial charge in [0.2, 0.25) is 0 Å². The second-order valence-electron chi connectivity index (χ2n) is 3.90. The molecule has 3 rings (SSSR count). The summed E-state index contributed by atoms with van der Waals surface area (Å²) >= 11 is 0. The first-order valence-electron chi connectivity index (χ1n) is 5.37. The van der Waals surface area contributed by atoms with Crippen molar-refractivity contribution in [2.24, 2.45) is 7.05 Å². The van der Waals surface area contributed by atoms with Crippen LogP contribution in [0.25, 0.3) is 17.1 Å². The molecule has 0 bridgehead atoms. The third-order valence-electron chi connectivity index (χ3n) is 2.63. The lowest BCUT2D eigenvalue weighted by Gasteiger charge is -1.98. The number of aromatic nitrogens is 6. The molecule has 0 aliphatic rings. The van der Waals surface area contributed by atoms with Gasteiger partial charge in [0, 0.05) is 24.5 Å². The van der Waals surface area contributed by atoms with Gasteiger partial charge >= 0.3 is 0 Å². The van der Waals surface area contributed by atoms with E-state index in [1.807, 2.05) is 30.5 Å². The molecule has 0 aliphatic carbocycles. The van der Waals surface area contributed by atoms with Crippen molar-refractivity contribution >= 4 is 5.69 Å². The van der Waals surface area contributed by atoms with Crippen LogP contribution in [0.1, 0.15) is 0 Å². The highest BCUT2D eigenvalue weighted by atomic mass is 15.6. The first-order chi connectivity index (χ1) is 8.74. The predicted octanol–water partition coefficient (Wildman–Crippen LogP) is 0.645. The number of nitrogen functional groups attached to an aromatic ring is 1. The fourth-order valence-corrected chi connectivity index (χ4v) is 1.68. The van der Waals surface area contributed by atoms with Crippen LogP contribution in [0.4, 0.5) is 5.69 Å². The molecule has 3 aromatic rings. The molecule has 7 heteroatoms. The molecule has 0 amide bonds. The van der Waals surface area contributed by atoms with E-state index in [1.165, 1.54) is 0 Å². The number of nitrogens with zero attached hydrogens (tertiary/aromatic N) is 6. The topological polar surface area (TPSA) is 87.4 Å². The van der Waals surface area contributed by atoms with Gasteiger partial charge in [-0.25, -0.2) is 9.36 Å². The van der Waals surface area contributed by atoms with Crippen molar-refractivity contribution in [3.05, 3.63) is 36.7 Å². The molecule has 0 saturated carbocycles. The van der Waals surface area contributed by atoms with Gasteiger partial charge in [0.15, 0.2) is 0 Å². The van der Waals surface area contributed by atoms with Gasteiger partial charge < -0.3 is 5.73 Å². The normalized spacial score (nSPS) is 10.7. The maximum absolute atomic E-state index is 5.66. The average molecular weight is 241 g/mol. The van der Waals surface area contributed by atoms with Crippen molar-refractivity contribution in [2.45, 2.75) is 0 Å². The highest BCUT2D eigenvalue weighted by Crippen LogP contribution is 2.20. The Hall–Kier alpha value is -2.70. The van der Waals surface area contributed by atoms with Gasteiger partial charge in [0.05, 0.1) is 6.20 Å². The molecule has 7 nitrogen and oxygen atoms in total. The number of benzene rings is 1. The molecule has 0 radical (unpaired) electrons. The third-order valence-corrected chi connectivity index (χ3v) is 2.63. The van der Waals surface area contributed by atoms with E-state index in [-0.39, 0.29) is 0 Å². The van der Waals surface area contributed by atoms with E-state index in [0.29, 0.717) is 5.95 Å². The molecule has 2 heterocycles. The summed E-state index contributed by atoms with van der Waals surface area (Å²) in [6, 6.07) is 7.62. The Morgan fingerprint density at radius 2 is 1.89 bits per heavy atom. The molecule has 0 aliphatic heterocycles. The summed E-state index contributed by atoms with van der Waals surface area (Å²) in [5.74, 6) is 0.566. The minimum atomic E-state index is 0.566. The summed E-state index contributed by atoms with van der Waals surface area (Å²) in [6.45, 7) is 0. The van der Waals surface area contributed by atoms with Gasteiger partial charge in [0.25, 0.3) is 5.95 Å². The van der Waals surface area contributed by atoms with Crippen molar-refractivity contribution in [3.8, 4) is 17.1 Å². The van der Waals surface area contributed by atoms with Crippen LogP contribution in [0.3, 0.4) is 0 Å². The third kappa shape index (κ3) is 1.71. The van der Waals surface area contributed by atoms with Crippen molar-refractivity contribution in [3.63, 3.8) is 0 Å². The minimum Gasteiger partial charge on any atom is -0.399 e. The quantitative estimate of drug-likeness (QED) is 0.665. The van der Waals surface area contributed by atoms with Crippen LogP contribution < -0.4 is 5.73 Å². The number of aryl methyl sites for hydroxylation is 1. The maximum atomic E-state index is 5.66. The van der Waals surface area contributed by atoms with E-state index in [4.69, 9.17) is 5.73 Å². The Morgan fingerprint density at radius 3 is 2.56 bits per heavy atom. The Balaban J connectivity index is 1.99. The first-order valence-corrected chi connectivity index (χ1v) is 5.37. The minimum absolute atomic E-state index is 0.566. The summed E-state index contributed by atoms with van der Waals surface area (Å²) in [4.78, 5) is 0. The molecule has 0 saturated heterocycles. The number of anilines is 1. The van der Waals surface area contributed by atoms with Crippen LogP contribution in [0.2, 0.25) is 0 Å². The van der Waals surface area contributed by atoms with E-state index in [0.717, 1.165) is 16.8 Å². The van der Waals surface area contributed by atoms with Gasteiger partial charge in [-0.3, -0.25) is 0 Å². The van der Waals surface area contributed by atoms with Gasteiger partial charge in [-0.15, -0.1) is 0 Å². The van der Waals surface area contributed by atoms with Crippen LogP contribution in [-0.2, 0) is 7.05 Å². The lowest BCUT2D eigenvalue weighted by Crippen LogP contribution is -2.04. The molecular formula is C11H11N7. The zero-order valence-corrected chi connectivity index (χ0v) is 9.72.